The van der Waals surface area contributed by atoms with Gasteiger partial charge in [-0.05, 0) is 49.4 Å². The number of nitrogens with zero attached hydrogens (tertiary/aromatic N) is 3. The monoisotopic (exact) mass is 609 g/mol. The summed E-state index contributed by atoms with van der Waals surface area (Å²) >= 11 is 3.05. The fourth-order valence-electron chi connectivity index (χ4n) is 4.63. The predicted molar refractivity (Wildman–Crippen MR) is 159 cm³/mol. The number of anilines is 2. The molecule has 0 fully saturated rings. The number of hydrogen-bond acceptors (Lipinski definition) is 10. The molecule has 1 unspecified atom stereocenters. The van der Waals surface area contributed by atoms with Crippen LogP contribution in [0.2, 0.25) is 0 Å². The van der Waals surface area contributed by atoms with E-state index in [1.165, 1.54) is 35.5 Å². The second kappa shape index (κ2) is 12.8. The summed E-state index contributed by atoms with van der Waals surface area (Å²) in [4.78, 5) is 48.5. The Morgan fingerprint density at radius 2 is 1.81 bits per heavy atom. The van der Waals surface area contributed by atoms with E-state index in [1.54, 1.807) is 41.7 Å². The highest BCUT2D eigenvalue weighted by molar-refractivity contribution is 7.16. The third-order valence-electron chi connectivity index (χ3n) is 6.58. The van der Waals surface area contributed by atoms with Crippen LogP contribution in [-0.4, -0.2) is 50.2 Å². The number of carbonyl (C=O) groups excluding carboxylic acids is 3. The van der Waals surface area contributed by atoms with Gasteiger partial charge in [0.15, 0.2) is 5.75 Å². The van der Waals surface area contributed by atoms with E-state index in [2.05, 4.69) is 4.98 Å². The highest BCUT2D eigenvalue weighted by atomic mass is 32.1. The van der Waals surface area contributed by atoms with E-state index in [-0.39, 0.29) is 37.4 Å². The maximum atomic E-state index is 14.3. The van der Waals surface area contributed by atoms with Crippen molar-refractivity contribution in [1.82, 2.24) is 4.98 Å². The van der Waals surface area contributed by atoms with Gasteiger partial charge < -0.3 is 19.1 Å². The molecule has 9 nitrogen and oxygen atoms in total. The van der Waals surface area contributed by atoms with E-state index in [0.717, 1.165) is 20.5 Å². The van der Waals surface area contributed by atoms with Crippen molar-refractivity contribution in [3.63, 3.8) is 0 Å². The molecular formula is C30H28FN3O6S2. The first-order valence-corrected chi connectivity index (χ1v) is 14.8. The van der Waals surface area contributed by atoms with Crippen LogP contribution in [-0.2, 0) is 19.1 Å². The first-order chi connectivity index (χ1) is 20.3. The quantitative estimate of drug-likeness (QED) is 0.123. The number of amides is 1. The van der Waals surface area contributed by atoms with Crippen molar-refractivity contribution in [3.8, 4) is 16.3 Å². The van der Waals surface area contributed by atoms with Gasteiger partial charge in [0.2, 0.25) is 0 Å². The molecule has 0 aliphatic carbocycles. The molecule has 2 aromatic heterocycles. The molecule has 3 heterocycles. The molecule has 0 spiro atoms. The number of thiazole rings is 1. The lowest BCUT2D eigenvalue weighted by molar-refractivity contribution is -0.147. The number of carbonyl (C=O) groups is 3. The zero-order valence-corrected chi connectivity index (χ0v) is 24.8. The lowest BCUT2D eigenvalue weighted by atomic mass is 10.0. The van der Waals surface area contributed by atoms with Crippen molar-refractivity contribution in [2.75, 3.05) is 37.2 Å². The second-order valence-electron chi connectivity index (χ2n) is 9.43. The standard InChI is InChI=1S/C30H28FN3O6S2/c1-18-32-21(17-41-18)25-10-11-26(42-25)29-33(2)22-9-8-19(31)16-20(22)30(37)34(29)23-6-4-5-7-24(23)40-28(36)13-12-27(35)39-15-14-38-3/h4-11,16-17,29H,12-15H2,1-3H3. The van der Waals surface area contributed by atoms with Crippen LogP contribution in [0, 0.1) is 12.7 Å². The van der Waals surface area contributed by atoms with Crippen molar-refractivity contribution >= 4 is 51.9 Å². The van der Waals surface area contributed by atoms with E-state index in [0.29, 0.717) is 11.4 Å². The van der Waals surface area contributed by atoms with Crippen molar-refractivity contribution in [2.24, 2.45) is 0 Å². The Labute approximate surface area is 250 Å². The minimum Gasteiger partial charge on any atom is -0.463 e. The minimum atomic E-state index is -0.663. The van der Waals surface area contributed by atoms with Crippen molar-refractivity contribution < 1.29 is 33.0 Å². The average molecular weight is 610 g/mol. The number of para-hydroxylation sites is 2. The van der Waals surface area contributed by atoms with Crippen molar-refractivity contribution in [3.05, 3.63) is 81.2 Å². The minimum absolute atomic E-state index is 0.0910. The molecule has 42 heavy (non-hydrogen) atoms. The Morgan fingerprint density at radius 1 is 1.02 bits per heavy atom. The maximum absolute atomic E-state index is 14.3. The Morgan fingerprint density at radius 3 is 2.57 bits per heavy atom. The average Bonchev–Trinajstić information content (AvgIpc) is 3.63. The molecule has 12 heteroatoms. The Kier molecular flexibility index (Phi) is 8.95. The maximum Gasteiger partial charge on any atom is 0.311 e. The molecule has 0 radical (unpaired) electrons. The Hall–Kier alpha value is -4.13. The number of rotatable bonds is 10. The van der Waals surface area contributed by atoms with Crippen LogP contribution < -0.4 is 14.5 Å². The van der Waals surface area contributed by atoms with Gasteiger partial charge in [-0.15, -0.1) is 22.7 Å². The first-order valence-electron chi connectivity index (χ1n) is 13.1. The van der Waals surface area contributed by atoms with Gasteiger partial charge in [0.1, 0.15) is 18.6 Å². The lowest BCUT2D eigenvalue weighted by Gasteiger charge is -2.43. The number of aromatic nitrogens is 1. The zero-order valence-electron chi connectivity index (χ0n) is 23.2. The van der Waals surface area contributed by atoms with Gasteiger partial charge in [0.25, 0.3) is 5.91 Å². The number of halogens is 1. The van der Waals surface area contributed by atoms with E-state index < -0.39 is 29.8 Å². The fraction of sp³-hybridized carbons (Fsp3) is 0.267. The number of ether oxygens (including phenoxy) is 3. The third kappa shape index (κ3) is 6.20. The molecule has 218 valence electrons. The molecule has 1 atom stereocenters. The van der Waals surface area contributed by atoms with Gasteiger partial charge in [0, 0.05) is 24.4 Å². The predicted octanol–water partition coefficient (Wildman–Crippen LogP) is 5.99. The number of thiophene rings is 1. The molecule has 1 aliphatic heterocycles. The normalized spacial score (nSPS) is 14.6. The van der Waals surface area contributed by atoms with Gasteiger partial charge in [0.05, 0.1) is 52.0 Å². The smallest absolute Gasteiger partial charge is 0.311 e. The van der Waals surface area contributed by atoms with E-state index in [1.807, 2.05) is 36.4 Å². The molecule has 0 saturated carbocycles. The van der Waals surface area contributed by atoms with Crippen LogP contribution in [0.4, 0.5) is 15.8 Å². The third-order valence-corrected chi connectivity index (χ3v) is 8.51. The molecule has 0 N–H and O–H groups in total. The summed E-state index contributed by atoms with van der Waals surface area (Å²) in [5.41, 5.74) is 1.93. The molecule has 4 aromatic rings. The lowest BCUT2D eigenvalue weighted by Crippen LogP contribution is -2.48. The highest BCUT2D eigenvalue weighted by Crippen LogP contribution is 2.46. The molecule has 0 bridgehead atoms. The number of hydrogen-bond donors (Lipinski definition) is 0. The molecule has 0 saturated heterocycles. The van der Waals surface area contributed by atoms with E-state index in [9.17, 15) is 18.8 Å². The van der Waals surface area contributed by atoms with Crippen molar-refractivity contribution in [1.29, 1.82) is 0 Å². The summed E-state index contributed by atoms with van der Waals surface area (Å²) in [5, 5.41) is 2.93. The van der Waals surface area contributed by atoms with E-state index in [4.69, 9.17) is 14.2 Å². The number of fused-ring (bicyclic) bond motifs is 1. The largest absolute Gasteiger partial charge is 0.463 e. The Bertz CT molecular complexity index is 1620. The SMILES string of the molecule is COCCOC(=O)CCC(=O)Oc1ccccc1N1C(=O)c2cc(F)ccc2N(C)C1c1ccc(-c2csc(C)n2)s1. The van der Waals surface area contributed by atoms with Crippen LogP contribution in [0.25, 0.3) is 10.6 Å². The molecule has 1 amide bonds. The molecule has 5 rings (SSSR count). The van der Waals surface area contributed by atoms with Gasteiger partial charge in [-0.3, -0.25) is 19.3 Å². The highest BCUT2D eigenvalue weighted by Gasteiger charge is 2.40. The topological polar surface area (TPSA) is 98.3 Å². The summed E-state index contributed by atoms with van der Waals surface area (Å²) in [6, 6.07) is 14.7. The molecule has 2 aromatic carbocycles. The molecule has 1 aliphatic rings. The zero-order chi connectivity index (χ0) is 29.8. The number of benzene rings is 2. The Balaban J connectivity index is 1.48. The van der Waals surface area contributed by atoms with Gasteiger partial charge in [-0.25, -0.2) is 9.37 Å². The van der Waals surface area contributed by atoms with Crippen molar-refractivity contribution in [2.45, 2.75) is 25.9 Å². The fourth-order valence-corrected chi connectivity index (χ4v) is 6.42. The summed E-state index contributed by atoms with van der Waals surface area (Å²) in [5.74, 6) is -2.06. The van der Waals surface area contributed by atoms with Crippen LogP contribution in [0.3, 0.4) is 0 Å². The summed E-state index contributed by atoms with van der Waals surface area (Å²) in [6.07, 6.45) is -1.02. The van der Waals surface area contributed by atoms with Gasteiger partial charge in [-0.1, -0.05) is 12.1 Å². The molecular weight excluding hydrogens is 581 g/mol. The number of methoxy groups -OCH3 is 1. The van der Waals surface area contributed by atoms with E-state index >= 15 is 0 Å². The van der Waals surface area contributed by atoms with Crippen LogP contribution in [0.1, 0.15) is 39.3 Å². The van der Waals surface area contributed by atoms with Gasteiger partial charge >= 0.3 is 11.9 Å². The van der Waals surface area contributed by atoms with Crippen LogP contribution >= 0.6 is 22.7 Å². The number of esters is 2. The first kappa shape index (κ1) is 29.4. The van der Waals surface area contributed by atoms with Crippen LogP contribution in [0.5, 0.6) is 5.75 Å². The summed E-state index contributed by atoms with van der Waals surface area (Å²) in [6.45, 7) is 2.29. The van der Waals surface area contributed by atoms with Crippen LogP contribution in [0.15, 0.2) is 60.0 Å². The summed E-state index contributed by atoms with van der Waals surface area (Å²) in [7, 11) is 3.32. The van der Waals surface area contributed by atoms with Gasteiger partial charge in [-0.2, -0.15) is 0 Å². The second-order valence-corrected chi connectivity index (χ2v) is 11.6. The number of aryl methyl sites for hydroxylation is 1. The summed E-state index contributed by atoms with van der Waals surface area (Å²) < 4.78 is 29.9.